The van der Waals surface area contributed by atoms with Crippen LogP contribution in [0.4, 0.5) is 0 Å². The Kier molecular flexibility index (Phi) is 3.70. The van der Waals surface area contributed by atoms with Gasteiger partial charge in [-0.3, -0.25) is 5.41 Å². The number of para-hydroxylation sites is 2. The average Bonchev–Trinajstić information content (AvgIpc) is 3.37. The third kappa shape index (κ3) is 2.64. The molecule has 4 aromatic carbocycles. The number of amidine groups is 2. The van der Waals surface area contributed by atoms with E-state index in [1.165, 1.54) is 0 Å². The molecule has 3 N–H and O–H groups in total. The molecule has 0 aliphatic rings. The highest BCUT2D eigenvalue weighted by atomic mass is 16.3. The van der Waals surface area contributed by atoms with Crippen LogP contribution in [-0.4, -0.2) is 11.7 Å². The minimum absolute atomic E-state index is 0.0828. The van der Waals surface area contributed by atoms with Gasteiger partial charge in [-0.25, -0.2) is 4.99 Å². The molecule has 0 spiro atoms. The fraction of sp³-hybridized carbons (Fsp3) is 0. The maximum atomic E-state index is 8.71. The quantitative estimate of drug-likeness (QED) is 0.266. The van der Waals surface area contributed by atoms with Crippen LogP contribution in [0.2, 0.25) is 0 Å². The zero-order valence-corrected chi connectivity index (χ0v) is 16.4. The van der Waals surface area contributed by atoms with Crippen molar-refractivity contribution in [3.63, 3.8) is 0 Å². The van der Waals surface area contributed by atoms with Crippen molar-refractivity contribution < 1.29 is 8.83 Å². The first-order valence-corrected chi connectivity index (χ1v) is 9.95. The summed E-state index contributed by atoms with van der Waals surface area (Å²) in [5.41, 5.74) is 10.9. The predicted octanol–water partition coefficient (Wildman–Crippen LogP) is 6.22. The SMILES string of the molecule is N=C(/N=C(\N)c1cccc2oc3ccccc3c12)c1cccc2oc3ccccc3c12. The summed E-state index contributed by atoms with van der Waals surface area (Å²) in [5.74, 6) is 0.353. The number of nitrogens with one attached hydrogen (secondary N) is 1. The van der Waals surface area contributed by atoms with E-state index < -0.39 is 0 Å². The molecule has 0 atom stereocenters. The number of benzene rings is 4. The molecule has 0 amide bonds. The summed E-state index contributed by atoms with van der Waals surface area (Å²) < 4.78 is 11.9. The molecule has 0 radical (unpaired) electrons. The molecule has 2 aromatic heterocycles. The monoisotopic (exact) mass is 403 g/mol. The average molecular weight is 403 g/mol. The number of furan rings is 2. The molecule has 0 saturated heterocycles. The third-order valence-corrected chi connectivity index (χ3v) is 5.57. The van der Waals surface area contributed by atoms with Gasteiger partial charge in [-0.05, 0) is 24.3 Å². The third-order valence-electron chi connectivity index (χ3n) is 5.57. The van der Waals surface area contributed by atoms with E-state index >= 15 is 0 Å². The van der Waals surface area contributed by atoms with Crippen molar-refractivity contribution in [1.29, 1.82) is 5.41 Å². The van der Waals surface area contributed by atoms with Crippen molar-refractivity contribution in [2.45, 2.75) is 0 Å². The Labute approximate surface area is 176 Å². The van der Waals surface area contributed by atoms with Gasteiger partial charge >= 0.3 is 0 Å². The maximum absolute atomic E-state index is 8.71. The molecule has 148 valence electrons. The van der Waals surface area contributed by atoms with Gasteiger partial charge in [0, 0.05) is 32.7 Å². The molecule has 0 unspecified atom stereocenters. The van der Waals surface area contributed by atoms with E-state index in [-0.39, 0.29) is 11.7 Å². The summed E-state index contributed by atoms with van der Waals surface area (Å²) in [7, 11) is 0. The highest BCUT2D eigenvalue weighted by Gasteiger charge is 2.16. The van der Waals surface area contributed by atoms with Crippen LogP contribution >= 0.6 is 0 Å². The first-order valence-electron chi connectivity index (χ1n) is 9.95. The van der Waals surface area contributed by atoms with E-state index in [4.69, 9.17) is 20.0 Å². The molecule has 0 aliphatic carbocycles. The van der Waals surface area contributed by atoms with Crippen molar-refractivity contribution >= 4 is 55.5 Å². The lowest BCUT2D eigenvalue weighted by atomic mass is 10.0. The molecule has 5 nitrogen and oxygen atoms in total. The highest BCUT2D eigenvalue weighted by Crippen LogP contribution is 2.33. The van der Waals surface area contributed by atoms with Gasteiger partial charge in [0.25, 0.3) is 0 Å². The van der Waals surface area contributed by atoms with Crippen molar-refractivity contribution in [1.82, 2.24) is 0 Å². The topological polar surface area (TPSA) is 88.5 Å². The zero-order chi connectivity index (χ0) is 20.9. The van der Waals surface area contributed by atoms with E-state index in [9.17, 15) is 0 Å². The van der Waals surface area contributed by atoms with Crippen LogP contribution in [0.5, 0.6) is 0 Å². The Balaban J connectivity index is 1.53. The summed E-state index contributed by atoms with van der Waals surface area (Å²) in [4.78, 5) is 4.48. The summed E-state index contributed by atoms with van der Waals surface area (Å²) in [6.07, 6.45) is 0. The highest BCUT2D eigenvalue weighted by molar-refractivity contribution is 6.23. The summed E-state index contributed by atoms with van der Waals surface area (Å²) in [6, 6.07) is 27.0. The number of nitrogens with two attached hydrogens (primary N) is 1. The van der Waals surface area contributed by atoms with Crippen LogP contribution < -0.4 is 5.73 Å². The number of aliphatic imine (C=N–C) groups is 1. The lowest BCUT2D eigenvalue weighted by molar-refractivity contribution is 0.668. The largest absolute Gasteiger partial charge is 0.456 e. The standard InChI is InChI=1S/C26H17N3O2/c27-25(17-9-5-13-21-23(17)15-7-1-3-11-19(15)30-21)29-26(28)18-10-6-14-22-24(18)16-8-2-4-12-20(16)31-22/h1-14H,(H3,27,28,29). The van der Waals surface area contributed by atoms with E-state index in [1.807, 2.05) is 84.9 Å². The summed E-state index contributed by atoms with van der Waals surface area (Å²) in [5, 5.41) is 12.4. The van der Waals surface area contributed by atoms with Crippen molar-refractivity contribution in [2.24, 2.45) is 10.7 Å². The van der Waals surface area contributed by atoms with Gasteiger partial charge in [0.05, 0.1) is 0 Å². The Hall–Kier alpha value is -4.38. The van der Waals surface area contributed by atoms with Gasteiger partial charge in [-0.15, -0.1) is 0 Å². The molecule has 0 fully saturated rings. The predicted molar refractivity (Wildman–Crippen MR) is 125 cm³/mol. The molecule has 0 saturated carbocycles. The number of nitrogens with zero attached hydrogens (tertiary/aromatic N) is 1. The molecule has 31 heavy (non-hydrogen) atoms. The van der Waals surface area contributed by atoms with Gasteiger partial charge in [-0.2, -0.15) is 0 Å². The molecule has 2 heterocycles. The van der Waals surface area contributed by atoms with Gasteiger partial charge < -0.3 is 14.6 Å². The number of rotatable bonds is 2. The second kappa shape index (κ2) is 6.57. The number of fused-ring (bicyclic) bond motifs is 6. The van der Waals surface area contributed by atoms with Crippen LogP contribution in [0.3, 0.4) is 0 Å². The van der Waals surface area contributed by atoms with Crippen LogP contribution in [0.25, 0.3) is 43.9 Å². The van der Waals surface area contributed by atoms with Crippen LogP contribution in [-0.2, 0) is 0 Å². The Morgan fingerprint density at radius 2 is 1.10 bits per heavy atom. The van der Waals surface area contributed by atoms with Crippen LogP contribution in [0.15, 0.2) is 98.8 Å². The second-order valence-electron chi connectivity index (χ2n) is 7.40. The van der Waals surface area contributed by atoms with Crippen molar-refractivity contribution in [3.05, 3.63) is 96.1 Å². The van der Waals surface area contributed by atoms with Crippen LogP contribution in [0, 0.1) is 5.41 Å². The molecular weight excluding hydrogens is 386 g/mol. The van der Waals surface area contributed by atoms with Gasteiger partial charge in [-0.1, -0.05) is 60.7 Å². The molecule has 5 heteroatoms. The van der Waals surface area contributed by atoms with Gasteiger partial charge in [0.2, 0.25) is 0 Å². The fourth-order valence-corrected chi connectivity index (χ4v) is 4.20. The second-order valence-corrected chi connectivity index (χ2v) is 7.40. The fourth-order valence-electron chi connectivity index (χ4n) is 4.20. The van der Waals surface area contributed by atoms with E-state index in [0.717, 1.165) is 49.4 Å². The Morgan fingerprint density at radius 1 is 0.613 bits per heavy atom. The van der Waals surface area contributed by atoms with Crippen molar-refractivity contribution in [3.8, 4) is 0 Å². The van der Waals surface area contributed by atoms with Gasteiger partial charge in [0.1, 0.15) is 28.2 Å². The zero-order valence-electron chi connectivity index (χ0n) is 16.4. The minimum atomic E-state index is 0.0828. The summed E-state index contributed by atoms with van der Waals surface area (Å²) in [6.45, 7) is 0. The number of hydrogen-bond donors (Lipinski definition) is 2. The molecule has 6 rings (SSSR count). The molecule has 0 aliphatic heterocycles. The minimum Gasteiger partial charge on any atom is -0.456 e. The normalized spacial score (nSPS) is 12.3. The van der Waals surface area contributed by atoms with Crippen LogP contribution in [0.1, 0.15) is 11.1 Å². The van der Waals surface area contributed by atoms with Gasteiger partial charge in [0.15, 0.2) is 5.84 Å². The summed E-state index contributed by atoms with van der Waals surface area (Å²) >= 11 is 0. The van der Waals surface area contributed by atoms with E-state index in [0.29, 0.717) is 5.56 Å². The van der Waals surface area contributed by atoms with Crippen molar-refractivity contribution in [2.75, 3.05) is 0 Å². The maximum Gasteiger partial charge on any atom is 0.154 e. The molecule has 6 aromatic rings. The first-order chi connectivity index (χ1) is 15.2. The lowest BCUT2D eigenvalue weighted by Crippen LogP contribution is -2.16. The number of hydrogen-bond acceptors (Lipinski definition) is 3. The Morgan fingerprint density at radius 3 is 1.71 bits per heavy atom. The first kappa shape index (κ1) is 17.5. The van der Waals surface area contributed by atoms with E-state index in [1.54, 1.807) is 0 Å². The molecular formula is C26H17N3O2. The van der Waals surface area contributed by atoms with E-state index in [2.05, 4.69) is 4.99 Å². The molecule has 0 bridgehead atoms. The smallest absolute Gasteiger partial charge is 0.154 e. The lowest BCUT2D eigenvalue weighted by Gasteiger charge is -2.05. The Bertz CT molecular complexity index is 1670.